The van der Waals surface area contributed by atoms with Gasteiger partial charge in [-0.1, -0.05) is 46.3 Å². The highest BCUT2D eigenvalue weighted by atomic mass is 16.5. The van der Waals surface area contributed by atoms with Crippen molar-refractivity contribution in [1.29, 1.82) is 0 Å². The molecule has 0 aromatic rings. The maximum Gasteiger partial charge on any atom is 0.0594 e. The van der Waals surface area contributed by atoms with Gasteiger partial charge in [-0.25, -0.2) is 0 Å². The van der Waals surface area contributed by atoms with Crippen LogP contribution in [0, 0.1) is 34.0 Å². The number of hydrogen-bond donors (Lipinski definition) is 1. The Morgan fingerprint density at radius 1 is 1.06 bits per heavy atom. The summed E-state index contributed by atoms with van der Waals surface area (Å²) in [6.07, 6.45) is 11.0. The van der Waals surface area contributed by atoms with E-state index >= 15 is 0 Å². The van der Waals surface area contributed by atoms with Crippen molar-refractivity contribution in [3.63, 3.8) is 0 Å². The summed E-state index contributed by atoms with van der Waals surface area (Å²) < 4.78 is 5.57. The van der Waals surface area contributed by atoms with Crippen LogP contribution in [0.1, 0.15) is 79.6 Å². The lowest BCUT2D eigenvalue weighted by Crippen LogP contribution is -2.53. The molecule has 3 nitrogen and oxygen atoms in total. The van der Waals surface area contributed by atoms with Crippen LogP contribution in [-0.4, -0.2) is 49.0 Å². The molecule has 1 N–H and O–H groups in total. The predicted molar refractivity (Wildman–Crippen MR) is 127 cm³/mol. The van der Waals surface area contributed by atoms with Gasteiger partial charge in [0.1, 0.15) is 0 Å². The van der Waals surface area contributed by atoms with Crippen molar-refractivity contribution in [2.75, 3.05) is 32.8 Å². The van der Waals surface area contributed by atoms with E-state index in [4.69, 9.17) is 4.74 Å². The fraction of sp³-hybridized carbons (Fsp3) is 0.857. The minimum Gasteiger partial charge on any atom is -0.393 e. The summed E-state index contributed by atoms with van der Waals surface area (Å²) in [6, 6.07) is 0. The second-order valence-corrected chi connectivity index (χ2v) is 12.6. The van der Waals surface area contributed by atoms with Gasteiger partial charge >= 0.3 is 0 Å². The van der Waals surface area contributed by atoms with E-state index in [0.717, 1.165) is 44.6 Å². The molecular formula is C28H45NO2. The van der Waals surface area contributed by atoms with Gasteiger partial charge in [0, 0.05) is 19.6 Å². The molecule has 0 bridgehead atoms. The van der Waals surface area contributed by atoms with Crippen LogP contribution in [0.15, 0.2) is 22.8 Å². The van der Waals surface area contributed by atoms with E-state index in [0.29, 0.717) is 11.3 Å². The molecule has 6 unspecified atom stereocenters. The Bertz CT molecular complexity index is 776. The van der Waals surface area contributed by atoms with Crippen LogP contribution in [0.3, 0.4) is 0 Å². The zero-order valence-corrected chi connectivity index (χ0v) is 20.7. The second-order valence-electron chi connectivity index (χ2n) is 12.6. The van der Waals surface area contributed by atoms with Gasteiger partial charge in [0.15, 0.2) is 0 Å². The van der Waals surface area contributed by atoms with E-state index in [1.165, 1.54) is 45.1 Å². The van der Waals surface area contributed by atoms with Gasteiger partial charge < -0.3 is 9.84 Å². The van der Waals surface area contributed by atoms with E-state index in [-0.39, 0.29) is 16.9 Å². The van der Waals surface area contributed by atoms with Crippen molar-refractivity contribution >= 4 is 0 Å². The lowest BCUT2D eigenvalue weighted by atomic mass is 9.46. The number of aliphatic hydroxyl groups is 1. The van der Waals surface area contributed by atoms with Crippen LogP contribution >= 0.6 is 0 Å². The van der Waals surface area contributed by atoms with Crippen molar-refractivity contribution in [3.8, 4) is 0 Å². The molecule has 0 radical (unpaired) electrons. The molecule has 3 heteroatoms. The average molecular weight is 428 g/mol. The zero-order chi connectivity index (χ0) is 22.0. The molecule has 4 aliphatic carbocycles. The number of morpholine rings is 1. The first-order valence-corrected chi connectivity index (χ1v) is 13.1. The smallest absolute Gasteiger partial charge is 0.0594 e. The standard InChI is InChI=1S/C28H45NO2/c1-19(18-29-14-16-31-17-15-29)21-7-8-22-20-6-9-24-26(2,3)25(30)11-13-28(24,5)23(20)10-12-27(21,22)4/h8,19,21,24-25,30H,6-7,9-18H2,1-5H3. The first-order chi connectivity index (χ1) is 14.7. The average Bonchev–Trinajstić information content (AvgIpc) is 3.09. The Balaban J connectivity index is 1.40. The minimum absolute atomic E-state index is 0.0333. The number of hydrogen-bond acceptors (Lipinski definition) is 3. The normalized spacial score (nSPS) is 43.7. The summed E-state index contributed by atoms with van der Waals surface area (Å²) in [5.74, 6) is 2.12. The van der Waals surface area contributed by atoms with Crippen molar-refractivity contribution in [3.05, 3.63) is 22.8 Å². The van der Waals surface area contributed by atoms with Gasteiger partial charge in [-0.15, -0.1) is 0 Å². The molecule has 174 valence electrons. The summed E-state index contributed by atoms with van der Waals surface area (Å²) in [5, 5.41) is 10.8. The van der Waals surface area contributed by atoms with Crippen LogP contribution in [0.25, 0.3) is 0 Å². The molecule has 0 spiro atoms. The molecule has 5 rings (SSSR count). The third-order valence-electron chi connectivity index (χ3n) is 10.8. The van der Waals surface area contributed by atoms with Crippen LogP contribution < -0.4 is 0 Å². The molecule has 31 heavy (non-hydrogen) atoms. The summed E-state index contributed by atoms with van der Waals surface area (Å²) in [7, 11) is 0. The maximum atomic E-state index is 10.8. The lowest BCUT2D eigenvalue weighted by molar-refractivity contribution is -0.0905. The zero-order valence-electron chi connectivity index (χ0n) is 20.7. The molecule has 1 heterocycles. The summed E-state index contributed by atoms with van der Waals surface area (Å²) >= 11 is 0. The number of fused-ring (bicyclic) bond motifs is 4. The Morgan fingerprint density at radius 3 is 2.55 bits per heavy atom. The van der Waals surface area contributed by atoms with Crippen molar-refractivity contribution in [2.24, 2.45) is 34.0 Å². The molecule has 6 atom stereocenters. The first kappa shape index (κ1) is 22.2. The number of allylic oxidation sites excluding steroid dienone is 4. The number of rotatable bonds is 3. The quantitative estimate of drug-likeness (QED) is 0.637. The molecule has 5 aliphatic rings. The lowest BCUT2D eigenvalue weighted by Gasteiger charge is -2.59. The molecular weight excluding hydrogens is 382 g/mol. The Kier molecular flexibility index (Phi) is 5.51. The highest BCUT2D eigenvalue weighted by Crippen LogP contribution is 2.66. The summed E-state index contributed by atoms with van der Waals surface area (Å²) in [6.45, 7) is 17.5. The van der Waals surface area contributed by atoms with Gasteiger partial charge in [0.2, 0.25) is 0 Å². The van der Waals surface area contributed by atoms with Crippen LogP contribution in [-0.2, 0) is 4.74 Å². The van der Waals surface area contributed by atoms with Crippen LogP contribution in [0.4, 0.5) is 0 Å². The van der Waals surface area contributed by atoms with E-state index in [2.05, 4.69) is 45.6 Å². The minimum atomic E-state index is -0.141. The molecule has 1 saturated heterocycles. The fourth-order valence-corrected chi connectivity index (χ4v) is 8.89. The van der Waals surface area contributed by atoms with Gasteiger partial charge in [-0.05, 0) is 90.1 Å². The summed E-state index contributed by atoms with van der Waals surface area (Å²) in [5.41, 5.74) is 5.95. The summed E-state index contributed by atoms with van der Waals surface area (Å²) in [4.78, 5) is 2.63. The predicted octanol–water partition coefficient (Wildman–Crippen LogP) is 5.59. The molecule has 0 aromatic carbocycles. The third-order valence-corrected chi connectivity index (χ3v) is 10.8. The molecule has 2 fully saturated rings. The van der Waals surface area contributed by atoms with E-state index in [9.17, 15) is 5.11 Å². The molecule has 1 saturated carbocycles. The highest BCUT2D eigenvalue weighted by Gasteiger charge is 2.57. The largest absolute Gasteiger partial charge is 0.393 e. The monoisotopic (exact) mass is 427 g/mol. The van der Waals surface area contributed by atoms with Crippen molar-refractivity contribution in [1.82, 2.24) is 4.90 Å². The molecule has 0 amide bonds. The van der Waals surface area contributed by atoms with Crippen molar-refractivity contribution < 1.29 is 9.84 Å². The van der Waals surface area contributed by atoms with Crippen LogP contribution in [0.2, 0.25) is 0 Å². The SMILES string of the molecule is CC(CN1CCOCC1)C1CC=C2C3=C(CCC21C)C1(C)CCC(O)C(C)(C)C1CC3. The Hall–Kier alpha value is -0.640. The van der Waals surface area contributed by atoms with E-state index < -0.39 is 0 Å². The molecule has 0 aromatic heterocycles. The van der Waals surface area contributed by atoms with Gasteiger partial charge in [0.05, 0.1) is 19.3 Å². The Morgan fingerprint density at radius 2 is 1.81 bits per heavy atom. The van der Waals surface area contributed by atoms with Gasteiger partial charge in [0.25, 0.3) is 0 Å². The van der Waals surface area contributed by atoms with E-state index in [1.807, 2.05) is 0 Å². The highest BCUT2D eigenvalue weighted by molar-refractivity contribution is 5.49. The number of ether oxygens (including phenoxy) is 1. The molecule has 1 aliphatic heterocycles. The third kappa shape index (κ3) is 3.32. The maximum absolute atomic E-state index is 10.8. The first-order valence-electron chi connectivity index (χ1n) is 13.1. The Labute approximate surface area is 190 Å². The number of aliphatic hydroxyl groups excluding tert-OH is 1. The fourth-order valence-electron chi connectivity index (χ4n) is 8.89. The topological polar surface area (TPSA) is 32.7 Å². The van der Waals surface area contributed by atoms with Gasteiger partial charge in [-0.2, -0.15) is 0 Å². The second kappa shape index (κ2) is 7.71. The van der Waals surface area contributed by atoms with Crippen LogP contribution in [0.5, 0.6) is 0 Å². The number of nitrogens with zero attached hydrogens (tertiary/aromatic N) is 1. The van der Waals surface area contributed by atoms with E-state index in [1.54, 1.807) is 16.7 Å². The van der Waals surface area contributed by atoms with Gasteiger partial charge in [-0.3, -0.25) is 4.90 Å². The van der Waals surface area contributed by atoms with Crippen molar-refractivity contribution in [2.45, 2.75) is 85.7 Å².